The van der Waals surface area contributed by atoms with Crippen molar-refractivity contribution in [3.8, 4) is 0 Å². The standard InChI is InChI=1S/C18H32O8/c1-10(2)16(19)23-15-14-13(25-17(5,6)26-14)12(9-22-21-8)24-18(15,20-7)11(3)4/h10-15H,9H2,1-8H3/t12-,13+,14+,15-,18-/m1/s1. The molecule has 0 radical (unpaired) electrons. The topological polar surface area (TPSA) is 81.7 Å². The van der Waals surface area contributed by atoms with Gasteiger partial charge in [-0.25, -0.2) is 9.78 Å². The largest absolute Gasteiger partial charge is 0.453 e. The summed E-state index contributed by atoms with van der Waals surface area (Å²) in [5.74, 6) is -2.82. The highest BCUT2D eigenvalue weighted by molar-refractivity contribution is 5.71. The van der Waals surface area contributed by atoms with Gasteiger partial charge in [-0.05, 0) is 13.8 Å². The molecule has 0 amide bonds. The lowest BCUT2D eigenvalue weighted by molar-refractivity contribution is -0.379. The number of methoxy groups -OCH3 is 1. The maximum absolute atomic E-state index is 12.4. The van der Waals surface area contributed by atoms with Crippen molar-refractivity contribution in [1.29, 1.82) is 0 Å². The highest BCUT2D eigenvalue weighted by atomic mass is 17.2. The summed E-state index contributed by atoms with van der Waals surface area (Å²) in [6.07, 6.45) is -2.35. The molecule has 0 aliphatic carbocycles. The monoisotopic (exact) mass is 376 g/mol. The van der Waals surface area contributed by atoms with E-state index in [2.05, 4.69) is 0 Å². The number of esters is 1. The molecule has 2 heterocycles. The van der Waals surface area contributed by atoms with Crippen molar-refractivity contribution >= 4 is 5.97 Å². The van der Waals surface area contributed by atoms with Gasteiger partial charge in [-0.1, -0.05) is 27.7 Å². The van der Waals surface area contributed by atoms with Crippen LogP contribution in [0, 0.1) is 11.8 Å². The van der Waals surface area contributed by atoms with Crippen molar-refractivity contribution in [1.82, 2.24) is 0 Å². The van der Waals surface area contributed by atoms with Gasteiger partial charge in [-0.3, -0.25) is 4.79 Å². The number of ether oxygens (including phenoxy) is 5. The Hall–Kier alpha value is -0.770. The fourth-order valence-electron chi connectivity index (χ4n) is 3.48. The molecule has 2 fully saturated rings. The van der Waals surface area contributed by atoms with Gasteiger partial charge in [0.2, 0.25) is 5.79 Å². The van der Waals surface area contributed by atoms with E-state index in [1.807, 2.05) is 27.7 Å². The molecule has 2 saturated heterocycles. The number of fused-ring (bicyclic) bond motifs is 1. The Bertz CT molecular complexity index is 492. The van der Waals surface area contributed by atoms with Crippen LogP contribution in [0.5, 0.6) is 0 Å². The van der Waals surface area contributed by atoms with Crippen LogP contribution in [-0.4, -0.2) is 62.8 Å². The third-order valence-electron chi connectivity index (χ3n) is 4.75. The van der Waals surface area contributed by atoms with E-state index < -0.39 is 36.0 Å². The summed E-state index contributed by atoms with van der Waals surface area (Å²) in [6.45, 7) is 11.2. The van der Waals surface area contributed by atoms with Crippen molar-refractivity contribution < 1.29 is 38.3 Å². The van der Waals surface area contributed by atoms with E-state index in [1.165, 1.54) is 14.2 Å². The predicted molar refractivity (Wildman–Crippen MR) is 91.0 cm³/mol. The lowest BCUT2D eigenvalue weighted by Gasteiger charge is -2.50. The highest BCUT2D eigenvalue weighted by Crippen LogP contribution is 2.46. The molecular formula is C18H32O8. The molecule has 0 bridgehead atoms. The Morgan fingerprint density at radius 2 is 1.65 bits per heavy atom. The zero-order valence-corrected chi connectivity index (χ0v) is 16.9. The summed E-state index contributed by atoms with van der Waals surface area (Å²) in [5.41, 5.74) is 0. The molecule has 0 saturated carbocycles. The van der Waals surface area contributed by atoms with Gasteiger partial charge >= 0.3 is 5.97 Å². The van der Waals surface area contributed by atoms with Crippen LogP contribution >= 0.6 is 0 Å². The third-order valence-corrected chi connectivity index (χ3v) is 4.75. The molecule has 2 rings (SSSR count). The second-order valence-corrected chi connectivity index (χ2v) is 7.76. The van der Waals surface area contributed by atoms with Crippen LogP contribution in [0.4, 0.5) is 0 Å². The molecule has 5 atom stereocenters. The van der Waals surface area contributed by atoms with Crippen molar-refractivity contribution in [2.24, 2.45) is 11.8 Å². The third kappa shape index (κ3) is 4.05. The van der Waals surface area contributed by atoms with Crippen molar-refractivity contribution in [3.05, 3.63) is 0 Å². The summed E-state index contributed by atoms with van der Waals surface area (Å²) >= 11 is 0. The first kappa shape index (κ1) is 21.5. The molecule has 26 heavy (non-hydrogen) atoms. The van der Waals surface area contributed by atoms with E-state index >= 15 is 0 Å². The molecule has 0 aromatic carbocycles. The van der Waals surface area contributed by atoms with E-state index in [9.17, 15) is 4.79 Å². The van der Waals surface area contributed by atoms with E-state index in [0.29, 0.717) is 0 Å². The lowest BCUT2D eigenvalue weighted by atomic mass is 9.85. The number of hydrogen-bond acceptors (Lipinski definition) is 8. The van der Waals surface area contributed by atoms with Gasteiger partial charge in [0.15, 0.2) is 11.9 Å². The molecular weight excluding hydrogens is 344 g/mol. The van der Waals surface area contributed by atoms with Crippen LogP contribution in [-0.2, 0) is 38.3 Å². The second kappa shape index (κ2) is 8.08. The van der Waals surface area contributed by atoms with Gasteiger partial charge in [0, 0.05) is 13.0 Å². The van der Waals surface area contributed by atoms with Crippen LogP contribution in [0.15, 0.2) is 0 Å². The van der Waals surface area contributed by atoms with Crippen molar-refractivity contribution in [2.75, 3.05) is 20.8 Å². The zero-order chi connectivity index (χ0) is 19.7. The number of hydrogen-bond donors (Lipinski definition) is 0. The Labute approximate surface area is 155 Å². The van der Waals surface area contributed by atoms with Gasteiger partial charge in [-0.2, -0.15) is 0 Å². The number of carbonyl (C=O) groups is 1. The molecule has 8 nitrogen and oxygen atoms in total. The Morgan fingerprint density at radius 1 is 1.04 bits per heavy atom. The molecule has 152 valence electrons. The van der Waals surface area contributed by atoms with Gasteiger partial charge in [0.1, 0.15) is 24.9 Å². The first-order valence-corrected chi connectivity index (χ1v) is 9.02. The maximum Gasteiger partial charge on any atom is 0.308 e. The fourth-order valence-corrected chi connectivity index (χ4v) is 3.48. The first-order chi connectivity index (χ1) is 12.1. The minimum Gasteiger partial charge on any atom is -0.453 e. The molecule has 2 aliphatic rings. The highest BCUT2D eigenvalue weighted by Gasteiger charge is 2.64. The van der Waals surface area contributed by atoms with Crippen LogP contribution in [0.3, 0.4) is 0 Å². The van der Waals surface area contributed by atoms with Crippen LogP contribution in [0.1, 0.15) is 41.5 Å². The SMILES string of the molecule is COOC[C@H]1O[C@](OC)(C(C)C)[C@H](OC(=O)C(C)C)[C@H]2OC(C)(C)O[C@H]21. The number of rotatable bonds is 7. The molecule has 0 spiro atoms. The average Bonchev–Trinajstić information content (AvgIpc) is 2.88. The van der Waals surface area contributed by atoms with E-state index in [0.717, 1.165) is 0 Å². The van der Waals surface area contributed by atoms with E-state index in [-0.39, 0.29) is 24.4 Å². The average molecular weight is 376 g/mol. The quantitative estimate of drug-likeness (QED) is 0.379. The zero-order valence-electron chi connectivity index (χ0n) is 16.9. The first-order valence-electron chi connectivity index (χ1n) is 9.02. The molecule has 2 aliphatic heterocycles. The summed E-state index contributed by atoms with van der Waals surface area (Å²) in [7, 11) is 2.96. The van der Waals surface area contributed by atoms with Gasteiger partial charge in [-0.15, -0.1) is 0 Å². The van der Waals surface area contributed by atoms with E-state index in [4.69, 9.17) is 33.5 Å². The fraction of sp³-hybridized carbons (Fsp3) is 0.944. The smallest absolute Gasteiger partial charge is 0.308 e. The van der Waals surface area contributed by atoms with Gasteiger partial charge < -0.3 is 23.7 Å². The summed E-state index contributed by atoms with van der Waals surface area (Å²) in [6, 6.07) is 0. The summed E-state index contributed by atoms with van der Waals surface area (Å²) in [5, 5.41) is 0. The molecule has 0 N–H and O–H groups in total. The second-order valence-electron chi connectivity index (χ2n) is 7.76. The molecule has 0 aromatic rings. The summed E-state index contributed by atoms with van der Waals surface area (Å²) < 4.78 is 30.0. The van der Waals surface area contributed by atoms with Crippen LogP contribution < -0.4 is 0 Å². The minimum absolute atomic E-state index is 0.125. The van der Waals surface area contributed by atoms with E-state index in [1.54, 1.807) is 13.8 Å². The number of carbonyl (C=O) groups excluding carboxylic acids is 1. The van der Waals surface area contributed by atoms with Crippen LogP contribution in [0.25, 0.3) is 0 Å². The Balaban J connectivity index is 2.42. The van der Waals surface area contributed by atoms with Crippen LogP contribution in [0.2, 0.25) is 0 Å². The van der Waals surface area contributed by atoms with Crippen molar-refractivity contribution in [2.45, 2.75) is 77.5 Å². The maximum atomic E-state index is 12.4. The normalized spacial score (nSPS) is 36.4. The van der Waals surface area contributed by atoms with Gasteiger partial charge in [0.05, 0.1) is 13.0 Å². The summed E-state index contributed by atoms with van der Waals surface area (Å²) in [4.78, 5) is 22.2. The van der Waals surface area contributed by atoms with Crippen molar-refractivity contribution in [3.63, 3.8) is 0 Å². The molecule has 0 aromatic heterocycles. The minimum atomic E-state index is -1.20. The van der Waals surface area contributed by atoms with Gasteiger partial charge in [0.25, 0.3) is 0 Å². The Kier molecular flexibility index (Phi) is 6.69. The molecule has 0 unspecified atom stereocenters. The predicted octanol–water partition coefficient (Wildman–Crippen LogP) is 2.05. The Morgan fingerprint density at radius 3 is 2.15 bits per heavy atom. The lowest BCUT2D eigenvalue weighted by Crippen LogP contribution is -2.68. The molecule has 8 heteroatoms.